The lowest BCUT2D eigenvalue weighted by atomic mass is 9.78. The normalized spacial score (nSPS) is 11.6. The fraction of sp³-hybridized carbons (Fsp3) is 0.250. The first-order chi connectivity index (χ1) is 14.4. The first kappa shape index (κ1) is 20.1. The summed E-state index contributed by atoms with van der Waals surface area (Å²) in [4.78, 5) is 0. The monoisotopic (exact) mass is 392 g/mol. The van der Waals surface area contributed by atoms with Gasteiger partial charge < -0.3 is 0 Å². The molecule has 0 saturated carbocycles. The second kappa shape index (κ2) is 7.55. The third-order valence-corrected chi connectivity index (χ3v) is 6.30. The van der Waals surface area contributed by atoms with E-state index in [1.54, 1.807) is 11.1 Å². The molecule has 0 aliphatic rings. The maximum atomic E-state index is 5.62. The van der Waals surface area contributed by atoms with Crippen LogP contribution in [0.5, 0.6) is 0 Å². The molecule has 2 N–H and O–H groups in total. The summed E-state index contributed by atoms with van der Waals surface area (Å²) in [5, 5.41) is 22.6. The average molecular weight is 393 g/mol. The number of hydrogen-bond donors (Lipinski definition) is 2. The van der Waals surface area contributed by atoms with Crippen LogP contribution < -0.4 is 0 Å². The van der Waals surface area contributed by atoms with Crippen LogP contribution in [-0.2, 0) is 0 Å². The van der Waals surface area contributed by atoms with Crippen molar-refractivity contribution >= 4 is 49.1 Å². The minimum absolute atomic E-state index is 0.495. The van der Waals surface area contributed by atoms with Crippen molar-refractivity contribution in [3.05, 3.63) is 71.3 Å². The molecule has 0 spiro atoms. The van der Waals surface area contributed by atoms with E-state index in [9.17, 15) is 0 Å². The zero-order valence-electron chi connectivity index (χ0n) is 18.4. The predicted molar refractivity (Wildman–Crippen MR) is 131 cm³/mol. The fourth-order valence-corrected chi connectivity index (χ4v) is 5.37. The third-order valence-electron chi connectivity index (χ3n) is 6.30. The number of hydrogen-bond acceptors (Lipinski definition) is 2. The van der Waals surface area contributed by atoms with Gasteiger partial charge in [-0.05, 0) is 78.5 Å². The summed E-state index contributed by atoms with van der Waals surface area (Å²) in [5.74, 6) is 1.01. The highest BCUT2D eigenvalue weighted by atomic mass is 14.4. The van der Waals surface area contributed by atoms with Gasteiger partial charge in [-0.3, -0.25) is 0 Å². The van der Waals surface area contributed by atoms with Crippen molar-refractivity contribution in [1.82, 2.24) is 0 Å². The lowest BCUT2D eigenvalue weighted by molar-refractivity contribution is 0.793. The van der Waals surface area contributed by atoms with Crippen molar-refractivity contribution in [3.8, 4) is 0 Å². The molecule has 2 heteroatoms. The number of benzene rings is 5. The Hall–Kier alpha value is -3.22. The summed E-state index contributed by atoms with van der Waals surface area (Å²) in [6.07, 6.45) is 0. The van der Waals surface area contributed by atoms with E-state index in [4.69, 9.17) is 10.8 Å². The van der Waals surface area contributed by atoms with Crippen molar-refractivity contribution < 1.29 is 0 Å². The molecule has 30 heavy (non-hydrogen) atoms. The van der Waals surface area contributed by atoms with Crippen LogP contribution in [0.3, 0.4) is 0 Å². The van der Waals surface area contributed by atoms with Gasteiger partial charge in [-0.15, -0.1) is 0 Å². The van der Waals surface area contributed by atoms with E-state index in [2.05, 4.69) is 89.2 Å². The summed E-state index contributed by atoms with van der Waals surface area (Å²) in [7, 11) is 0. The minimum Gasteiger partial charge on any atom is -0.242 e. The van der Waals surface area contributed by atoms with E-state index < -0.39 is 0 Å². The lowest BCUT2D eigenvalue weighted by Gasteiger charge is -2.26. The second-order valence-electron chi connectivity index (χ2n) is 8.70. The molecule has 0 radical (unpaired) electrons. The number of aryl methyl sites for hydroxylation is 1. The van der Waals surface area contributed by atoms with E-state index in [0.29, 0.717) is 11.8 Å². The molecule has 0 aliphatic carbocycles. The van der Waals surface area contributed by atoms with Gasteiger partial charge in [-0.1, -0.05) is 82.3 Å². The van der Waals surface area contributed by atoms with Crippen LogP contribution >= 0.6 is 0 Å². The summed E-state index contributed by atoms with van der Waals surface area (Å²) < 4.78 is 0. The Balaban J connectivity index is 0.000000687. The Bertz CT molecular complexity index is 1410. The van der Waals surface area contributed by atoms with Crippen molar-refractivity contribution in [2.75, 3.05) is 0 Å². The van der Waals surface area contributed by atoms with E-state index in [1.807, 2.05) is 0 Å². The van der Waals surface area contributed by atoms with Crippen LogP contribution in [0.25, 0.3) is 43.1 Å². The standard InChI is InChI=1S/C27H26.CH2N2/c1-15(2)23-17(5)19-11-8-13-21-20-12-6-9-18-10-7-14-22(25(18)20)27(26(19)21)24(23)16(3)4;2-1-3/h6-16H,1-5H3;2-3H. The smallest absolute Gasteiger partial charge is 0.0831 e. The largest absolute Gasteiger partial charge is 0.242 e. The van der Waals surface area contributed by atoms with Crippen LogP contribution in [0.4, 0.5) is 0 Å². The third kappa shape index (κ3) is 2.80. The maximum absolute atomic E-state index is 5.62. The number of fused-ring (bicyclic) bond motifs is 2. The lowest BCUT2D eigenvalue weighted by Crippen LogP contribution is -2.05. The Morgan fingerprint density at radius 3 is 1.63 bits per heavy atom. The minimum atomic E-state index is 0.495. The molecule has 0 aliphatic heterocycles. The molecule has 0 amide bonds. The van der Waals surface area contributed by atoms with Gasteiger partial charge in [-0.2, -0.15) is 0 Å². The van der Waals surface area contributed by atoms with E-state index in [0.717, 1.165) is 0 Å². The van der Waals surface area contributed by atoms with Gasteiger partial charge in [0.15, 0.2) is 0 Å². The fourth-order valence-electron chi connectivity index (χ4n) is 5.37. The molecule has 0 bridgehead atoms. The molecular formula is C28H28N2. The van der Waals surface area contributed by atoms with E-state index in [-0.39, 0.29) is 0 Å². The van der Waals surface area contributed by atoms with Gasteiger partial charge >= 0.3 is 0 Å². The van der Waals surface area contributed by atoms with Crippen molar-refractivity contribution in [2.24, 2.45) is 0 Å². The van der Waals surface area contributed by atoms with Gasteiger partial charge in [0.25, 0.3) is 0 Å². The highest BCUT2D eigenvalue weighted by molar-refractivity contribution is 6.34. The van der Waals surface area contributed by atoms with Crippen molar-refractivity contribution in [2.45, 2.75) is 46.5 Å². The summed E-state index contributed by atoms with van der Waals surface area (Å²) in [6.45, 7) is 11.7. The molecule has 0 saturated heterocycles. The predicted octanol–water partition coefficient (Wildman–Crippen LogP) is 8.61. The average Bonchev–Trinajstić information content (AvgIpc) is 2.72. The highest BCUT2D eigenvalue weighted by Crippen LogP contribution is 2.47. The second-order valence-corrected chi connectivity index (χ2v) is 8.70. The Kier molecular flexibility index (Phi) is 5.05. The van der Waals surface area contributed by atoms with Crippen molar-refractivity contribution in [3.63, 3.8) is 0 Å². The first-order valence-electron chi connectivity index (χ1n) is 10.6. The zero-order chi connectivity index (χ0) is 21.6. The van der Waals surface area contributed by atoms with Crippen LogP contribution in [0.15, 0.2) is 54.6 Å². The molecule has 0 heterocycles. The molecule has 5 aromatic rings. The first-order valence-corrected chi connectivity index (χ1v) is 10.6. The molecule has 0 fully saturated rings. The number of nitrogens with one attached hydrogen (secondary N) is 2. The molecule has 5 rings (SSSR count). The number of rotatable bonds is 2. The molecule has 0 unspecified atom stereocenters. The van der Waals surface area contributed by atoms with Gasteiger partial charge in [0.05, 0.1) is 6.01 Å². The molecule has 0 aromatic heterocycles. The van der Waals surface area contributed by atoms with Crippen LogP contribution in [0, 0.1) is 17.7 Å². The Labute approximate surface area is 177 Å². The van der Waals surface area contributed by atoms with E-state index >= 15 is 0 Å². The van der Waals surface area contributed by atoms with Crippen LogP contribution in [0.1, 0.15) is 56.2 Å². The molecular weight excluding hydrogens is 364 g/mol. The highest BCUT2D eigenvalue weighted by Gasteiger charge is 2.23. The quantitative estimate of drug-likeness (QED) is 0.172. The van der Waals surface area contributed by atoms with Crippen molar-refractivity contribution in [1.29, 1.82) is 10.8 Å². The van der Waals surface area contributed by atoms with Gasteiger partial charge in [0, 0.05) is 0 Å². The van der Waals surface area contributed by atoms with Crippen LogP contribution in [0.2, 0.25) is 0 Å². The van der Waals surface area contributed by atoms with Gasteiger partial charge in [-0.25, -0.2) is 10.8 Å². The van der Waals surface area contributed by atoms with Gasteiger partial charge in [0.2, 0.25) is 0 Å². The molecule has 2 nitrogen and oxygen atoms in total. The topological polar surface area (TPSA) is 47.7 Å². The summed E-state index contributed by atoms with van der Waals surface area (Å²) in [6, 6.07) is 21.7. The summed E-state index contributed by atoms with van der Waals surface area (Å²) >= 11 is 0. The maximum Gasteiger partial charge on any atom is 0.0831 e. The Morgan fingerprint density at radius 2 is 1.07 bits per heavy atom. The molecule has 150 valence electrons. The Morgan fingerprint density at radius 1 is 0.600 bits per heavy atom. The molecule has 5 aromatic carbocycles. The summed E-state index contributed by atoms with van der Waals surface area (Å²) in [5.41, 5.74) is 4.55. The zero-order valence-corrected chi connectivity index (χ0v) is 18.4. The van der Waals surface area contributed by atoms with E-state index in [1.165, 1.54) is 54.7 Å². The molecule has 0 atom stereocenters. The van der Waals surface area contributed by atoms with Gasteiger partial charge in [0.1, 0.15) is 0 Å². The van der Waals surface area contributed by atoms with Crippen LogP contribution in [-0.4, -0.2) is 6.01 Å². The SMILES string of the molecule is Cc1c(C(C)C)c(C(C)C)c2c3cccc4cccc(c5cccc1c52)c43.N=C=N.